The van der Waals surface area contributed by atoms with E-state index in [1.807, 2.05) is 24.3 Å². The van der Waals surface area contributed by atoms with Crippen LogP contribution >= 0.6 is 0 Å². The third-order valence-electron chi connectivity index (χ3n) is 7.50. The lowest BCUT2D eigenvalue weighted by molar-refractivity contribution is -0.137. The second-order valence-corrected chi connectivity index (χ2v) is 9.37. The number of amides is 2. The van der Waals surface area contributed by atoms with E-state index in [4.69, 9.17) is 0 Å². The zero-order valence-corrected chi connectivity index (χ0v) is 18.2. The fraction of sp³-hybridized carbons (Fsp3) is 0.481. The molecule has 1 saturated carbocycles. The molecule has 1 heterocycles. The van der Waals surface area contributed by atoms with Crippen LogP contribution < -0.4 is 5.32 Å². The van der Waals surface area contributed by atoms with Crippen LogP contribution in [0.2, 0.25) is 0 Å². The first-order valence-electron chi connectivity index (χ1n) is 12.0. The summed E-state index contributed by atoms with van der Waals surface area (Å²) in [6.45, 7) is 0.905. The van der Waals surface area contributed by atoms with Crippen molar-refractivity contribution in [1.82, 2.24) is 10.2 Å². The maximum Gasteiger partial charge on any atom is 0.222 e. The second kappa shape index (κ2) is 8.86. The molecule has 0 aromatic heterocycles. The standard InChI is InChI=1S/C27H32N2O2/c30-25(16-7-17-26(31)29-18-8-10-19-9-1-6-15-24(19)29)28-27-22-13-4-2-11-20(22)21-12-3-5-14-23(21)27/h2-5,11-14,19,24,27H,1,6-10,15-18H2,(H,28,30). The van der Waals surface area contributed by atoms with Crippen molar-refractivity contribution in [1.29, 1.82) is 0 Å². The van der Waals surface area contributed by atoms with Gasteiger partial charge in [-0.05, 0) is 60.3 Å². The monoisotopic (exact) mass is 416 g/mol. The van der Waals surface area contributed by atoms with Crippen molar-refractivity contribution >= 4 is 11.8 Å². The molecule has 2 aromatic carbocycles. The fourth-order valence-corrected chi connectivity index (χ4v) is 6.02. The lowest BCUT2D eigenvalue weighted by Gasteiger charge is -2.44. The molecule has 4 nitrogen and oxygen atoms in total. The quantitative estimate of drug-likeness (QED) is 0.726. The summed E-state index contributed by atoms with van der Waals surface area (Å²) in [4.78, 5) is 27.8. The molecule has 0 bridgehead atoms. The number of carbonyl (C=O) groups excluding carboxylic acids is 2. The first-order chi connectivity index (χ1) is 15.2. The van der Waals surface area contributed by atoms with Gasteiger partial charge in [-0.3, -0.25) is 9.59 Å². The molecule has 4 heteroatoms. The van der Waals surface area contributed by atoms with Gasteiger partial charge in [0.25, 0.3) is 0 Å². The summed E-state index contributed by atoms with van der Waals surface area (Å²) in [7, 11) is 0. The number of piperidine rings is 1. The topological polar surface area (TPSA) is 49.4 Å². The highest BCUT2D eigenvalue weighted by Crippen LogP contribution is 2.43. The number of hydrogen-bond donors (Lipinski definition) is 1. The Morgan fingerprint density at radius 3 is 2.23 bits per heavy atom. The van der Waals surface area contributed by atoms with E-state index >= 15 is 0 Å². The van der Waals surface area contributed by atoms with Gasteiger partial charge < -0.3 is 10.2 Å². The van der Waals surface area contributed by atoms with Crippen LogP contribution in [-0.2, 0) is 9.59 Å². The van der Waals surface area contributed by atoms with Crippen molar-refractivity contribution in [3.8, 4) is 11.1 Å². The minimum absolute atomic E-state index is 0.0264. The molecule has 2 aliphatic carbocycles. The highest BCUT2D eigenvalue weighted by atomic mass is 16.2. The summed E-state index contributed by atoms with van der Waals surface area (Å²) < 4.78 is 0. The van der Waals surface area contributed by atoms with Gasteiger partial charge in [-0.2, -0.15) is 0 Å². The summed E-state index contributed by atoms with van der Waals surface area (Å²) >= 11 is 0. The van der Waals surface area contributed by atoms with E-state index < -0.39 is 0 Å². The first-order valence-corrected chi connectivity index (χ1v) is 12.0. The number of fused-ring (bicyclic) bond motifs is 4. The normalized spacial score (nSPS) is 22.4. The van der Waals surface area contributed by atoms with E-state index in [-0.39, 0.29) is 17.9 Å². The molecule has 0 spiro atoms. The number of nitrogens with zero attached hydrogens (tertiary/aromatic N) is 1. The molecule has 162 valence electrons. The Morgan fingerprint density at radius 1 is 0.839 bits per heavy atom. The van der Waals surface area contributed by atoms with Crippen LogP contribution in [-0.4, -0.2) is 29.3 Å². The largest absolute Gasteiger partial charge is 0.345 e. The van der Waals surface area contributed by atoms with Crippen LogP contribution in [0.3, 0.4) is 0 Å². The lowest BCUT2D eigenvalue weighted by atomic mass is 9.78. The van der Waals surface area contributed by atoms with E-state index in [1.54, 1.807) is 0 Å². The number of carbonyl (C=O) groups is 2. The zero-order chi connectivity index (χ0) is 21.2. The molecule has 2 amide bonds. The van der Waals surface area contributed by atoms with Gasteiger partial charge in [0.15, 0.2) is 0 Å². The van der Waals surface area contributed by atoms with Crippen LogP contribution in [0.1, 0.15) is 75.0 Å². The van der Waals surface area contributed by atoms with Gasteiger partial charge in [0.05, 0.1) is 6.04 Å². The Balaban J connectivity index is 1.17. The van der Waals surface area contributed by atoms with Gasteiger partial charge in [-0.15, -0.1) is 0 Å². The molecule has 1 N–H and O–H groups in total. The Kier molecular flexibility index (Phi) is 5.80. The van der Waals surface area contributed by atoms with Crippen LogP contribution in [0, 0.1) is 5.92 Å². The summed E-state index contributed by atoms with van der Waals surface area (Å²) in [5.74, 6) is 0.983. The van der Waals surface area contributed by atoms with Gasteiger partial charge in [0, 0.05) is 25.4 Å². The van der Waals surface area contributed by atoms with Crippen molar-refractivity contribution in [2.45, 2.75) is 69.9 Å². The van der Waals surface area contributed by atoms with Crippen LogP contribution in [0.15, 0.2) is 48.5 Å². The van der Waals surface area contributed by atoms with Gasteiger partial charge in [0.2, 0.25) is 11.8 Å². The average molecular weight is 417 g/mol. The Hall–Kier alpha value is -2.62. The van der Waals surface area contributed by atoms with E-state index in [0.29, 0.717) is 31.2 Å². The predicted octanol–water partition coefficient (Wildman–Crippen LogP) is 5.22. The third-order valence-corrected chi connectivity index (χ3v) is 7.50. The van der Waals surface area contributed by atoms with E-state index in [2.05, 4.69) is 34.5 Å². The SMILES string of the molecule is O=C(CCCC(=O)N1CCCC2CCCCC21)NC1c2ccccc2-c2ccccc21. The molecule has 31 heavy (non-hydrogen) atoms. The Morgan fingerprint density at radius 2 is 1.48 bits per heavy atom. The van der Waals surface area contributed by atoms with Crippen molar-refractivity contribution in [2.75, 3.05) is 6.54 Å². The first kappa shape index (κ1) is 20.3. The third kappa shape index (κ3) is 4.00. The molecule has 2 aromatic rings. The van der Waals surface area contributed by atoms with Crippen molar-refractivity contribution in [2.24, 2.45) is 5.92 Å². The van der Waals surface area contributed by atoms with Gasteiger partial charge >= 0.3 is 0 Å². The second-order valence-electron chi connectivity index (χ2n) is 9.37. The highest BCUT2D eigenvalue weighted by molar-refractivity contribution is 5.84. The van der Waals surface area contributed by atoms with Gasteiger partial charge in [-0.25, -0.2) is 0 Å². The molecule has 3 aliphatic rings. The van der Waals surface area contributed by atoms with Crippen LogP contribution in [0.5, 0.6) is 0 Å². The van der Waals surface area contributed by atoms with Crippen LogP contribution in [0.4, 0.5) is 0 Å². The summed E-state index contributed by atoms with van der Waals surface area (Å²) in [6, 6.07) is 16.9. The number of benzene rings is 2. The predicted molar refractivity (Wildman–Crippen MR) is 122 cm³/mol. The van der Waals surface area contributed by atoms with Gasteiger partial charge in [0.1, 0.15) is 0 Å². The Labute approximate surface area is 185 Å². The molecule has 0 radical (unpaired) electrons. The molecule has 2 atom stereocenters. The van der Waals surface area contributed by atoms with Crippen molar-refractivity contribution in [3.05, 3.63) is 59.7 Å². The molecule has 1 saturated heterocycles. The molecule has 5 rings (SSSR count). The average Bonchev–Trinajstić information content (AvgIpc) is 3.12. The molecular formula is C27H32N2O2. The minimum Gasteiger partial charge on any atom is -0.345 e. The number of hydrogen-bond acceptors (Lipinski definition) is 2. The Bertz CT molecular complexity index is 922. The highest BCUT2D eigenvalue weighted by Gasteiger charge is 2.35. The summed E-state index contributed by atoms with van der Waals surface area (Å²) in [6.07, 6.45) is 8.92. The molecular weight excluding hydrogens is 384 g/mol. The molecule has 2 fully saturated rings. The number of likely N-dealkylation sites (tertiary alicyclic amines) is 1. The van der Waals surface area contributed by atoms with E-state index in [1.165, 1.54) is 36.8 Å². The molecule has 2 unspecified atom stereocenters. The van der Waals surface area contributed by atoms with E-state index in [0.717, 1.165) is 30.5 Å². The van der Waals surface area contributed by atoms with Crippen molar-refractivity contribution in [3.63, 3.8) is 0 Å². The zero-order valence-electron chi connectivity index (χ0n) is 18.2. The van der Waals surface area contributed by atoms with Crippen LogP contribution in [0.25, 0.3) is 11.1 Å². The van der Waals surface area contributed by atoms with Crippen molar-refractivity contribution < 1.29 is 9.59 Å². The summed E-state index contributed by atoms with van der Waals surface area (Å²) in [5, 5.41) is 3.23. The van der Waals surface area contributed by atoms with E-state index in [9.17, 15) is 9.59 Å². The lowest BCUT2D eigenvalue weighted by Crippen LogP contribution is -2.49. The fourth-order valence-electron chi connectivity index (χ4n) is 6.02. The van der Waals surface area contributed by atoms with Gasteiger partial charge in [-0.1, -0.05) is 61.4 Å². The smallest absolute Gasteiger partial charge is 0.222 e. The maximum absolute atomic E-state index is 12.9. The number of nitrogens with one attached hydrogen (secondary N) is 1. The minimum atomic E-state index is -0.0966. The number of rotatable bonds is 5. The summed E-state index contributed by atoms with van der Waals surface area (Å²) in [5.41, 5.74) is 4.71. The maximum atomic E-state index is 12.9. The molecule has 1 aliphatic heterocycles.